The van der Waals surface area contributed by atoms with Crippen molar-refractivity contribution in [3.63, 3.8) is 0 Å². The Kier molecular flexibility index (Phi) is 5.26. The highest BCUT2D eigenvalue weighted by Gasteiger charge is 2.06. The molecule has 5 heteroatoms. The van der Waals surface area contributed by atoms with Crippen LogP contribution in [0.15, 0.2) is 48.5 Å². The second kappa shape index (κ2) is 7.16. The highest BCUT2D eigenvalue weighted by atomic mass is 35.5. The van der Waals surface area contributed by atoms with E-state index >= 15 is 0 Å². The highest BCUT2D eigenvalue weighted by Crippen LogP contribution is 2.29. The Balaban J connectivity index is 2.07. The Morgan fingerprint density at radius 2 is 1.95 bits per heavy atom. The molecule has 0 aromatic heterocycles. The van der Waals surface area contributed by atoms with Gasteiger partial charge in [-0.05, 0) is 35.9 Å². The minimum absolute atomic E-state index is 0.290. The third kappa shape index (κ3) is 4.25. The van der Waals surface area contributed by atoms with Gasteiger partial charge in [0.05, 0.1) is 22.8 Å². The number of benzene rings is 2. The summed E-state index contributed by atoms with van der Waals surface area (Å²) >= 11 is 11.9. The van der Waals surface area contributed by atoms with Crippen LogP contribution >= 0.6 is 23.2 Å². The molecule has 1 N–H and O–H groups in total. The summed E-state index contributed by atoms with van der Waals surface area (Å²) in [7, 11) is 1.59. The van der Waals surface area contributed by atoms with Gasteiger partial charge in [0.15, 0.2) is 0 Å². The van der Waals surface area contributed by atoms with Crippen LogP contribution in [0.5, 0.6) is 5.75 Å². The second-order valence-corrected chi connectivity index (χ2v) is 4.99. The third-order valence-corrected chi connectivity index (χ3v) is 3.55. The second-order valence-electron chi connectivity index (χ2n) is 4.20. The normalized spacial score (nSPS) is 10.6. The number of carbonyl (C=O) groups is 1. The van der Waals surface area contributed by atoms with Crippen molar-refractivity contribution in [2.24, 2.45) is 0 Å². The van der Waals surface area contributed by atoms with Gasteiger partial charge in [0.1, 0.15) is 5.75 Å². The lowest BCUT2D eigenvalue weighted by molar-refractivity contribution is -0.111. The largest absolute Gasteiger partial charge is 0.497 e. The molecule has 2 aromatic rings. The molecular formula is C16H13Cl2NO2. The molecule has 2 rings (SSSR count). The molecule has 0 spiro atoms. The fourth-order valence-electron chi connectivity index (χ4n) is 1.69. The summed E-state index contributed by atoms with van der Waals surface area (Å²) in [6.45, 7) is 0. The van der Waals surface area contributed by atoms with E-state index in [2.05, 4.69) is 5.32 Å². The van der Waals surface area contributed by atoms with E-state index in [-0.39, 0.29) is 5.91 Å². The lowest BCUT2D eigenvalue weighted by Crippen LogP contribution is -2.08. The van der Waals surface area contributed by atoms with Gasteiger partial charge in [0.25, 0.3) is 0 Å². The van der Waals surface area contributed by atoms with Gasteiger partial charge in [-0.15, -0.1) is 0 Å². The van der Waals surface area contributed by atoms with E-state index in [0.717, 1.165) is 11.3 Å². The van der Waals surface area contributed by atoms with Crippen molar-refractivity contribution in [1.29, 1.82) is 0 Å². The predicted molar refractivity (Wildman–Crippen MR) is 87.1 cm³/mol. The minimum atomic E-state index is -0.290. The molecule has 0 unspecified atom stereocenters. The summed E-state index contributed by atoms with van der Waals surface area (Å²) in [6.07, 6.45) is 3.11. The molecule has 3 nitrogen and oxygen atoms in total. The summed E-state index contributed by atoms with van der Waals surface area (Å²) in [6, 6.07) is 12.5. The molecule has 0 saturated carbocycles. The number of anilines is 1. The van der Waals surface area contributed by atoms with E-state index in [1.54, 1.807) is 31.4 Å². The minimum Gasteiger partial charge on any atom is -0.497 e. The topological polar surface area (TPSA) is 38.3 Å². The molecule has 2 aromatic carbocycles. The molecule has 1 amide bonds. The number of ether oxygens (including phenoxy) is 1. The molecule has 0 aliphatic carbocycles. The number of amides is 1. The van der Waals surface area contributed by atoms with Crippen molar-refractivity contribution in [1.82, 2.24) is 0 Å². The van der Waals surface area contributed by atoms with Gasteiger partial charge >= 0.3 is 0 Å². The van der Waals surface area contributed by atoms with Crippen molar-refractivity contribution in [3.05, 3.63) is 64.1 Å². The molecular weight excluding hydrogens is 309 g/mol. The maximum atomic E-state index is 11.9. The molecule has 0 radical (unpaired) electrons. The SMILES string of the molecule is COc1cccc(/C=C/C(=O)Nc2cccc(Cl)c2Cl)c1. The van der Waals surface area contributed by atoms with Crippen LogP contribution in [0.3, 0.4) is 0 Å². The molecule has 0 saturated heterocycles. The lowest BCUT2D eigenvalue weighted by atomic mass is 10.2. The van der Waals surface area contributed by atoms with Crippen molar-refractivity contribution in [3.8, 4) is 5.75 Å². The van der Waals surface area contributed by atoms with Crippen LogP contribution in [0.1, 0.15) is 5.56 Å². The Bertz CT molecular complexity index is 684. The third-order valence-electron chi connectivity index (χ3n) is 2.73. The van der Waals surface area contributed by atoms with E-state index in [4.69, 9.17) is 27.9 Å². The van der Waals surface area contributed by atoms with Crippen LogP contribution in [0.25, 0.3) is 6.08 Å². The van der Waals surface area contributed by atoms with E-state index in [9.17, 15) is 4.79 Å². The molecule has 0 fully saturated rings. The average Bonchev–Trinajstić information content (AvgIpc) is 2.50. The smallest absolute Gasteiger partial charge is 0.248 e. The van der Waals surface area contributed by atoms with Crippen molar-refractivity contribution < 1.29 is 9.53 Å². The summed E-state index contributed by atoms with van der Waals surface area (Å²) in [5.41, 5.74) is 1.34. The fourth-order valence-corrected chi connectivity index (χ4v) is 2.04. The summed E-state index contributed by atoms with van der Waals surface area (Å²) in [5.74, 6) is 0.442. The predicted octanol–water partition coefficient (Wildman–Crippen LogP) is 4.65. The first-order valence-electron chi connectivity index (χ1n) is 6.17. The Labute approximate surface area is 133 Å². The number of carbonyl (C=O) groups excluding carboxylic acids is 1. The van der Waals surface area contributed by atoms with E-state index in [1.807, 2.05) is 24.3 Å². The summed E-state index contributed by atoms with van der Waals surface area (Å²) in [5, 5.41) is 3.39. The quantitative estimate of drug-likeness (QED) is 0.832. The number of nitrogens with one attached hydrogen (secondary N) is 1. The van der Waals surface area contributed by atoms with E-state index in [1.165, 1.54) is 6.08 Å². The lowest BCUT2D eigenvalue weighted by Gasteiger charge is -2.05. The Morgan fingerprint density at radius 1 is 1.19 bits per heavy atom. The van der Waals surface area contributed by atoms with Crippen LogP contribution in [0.2, 0.25) is 10.0 Å². The van der Waals surface area contributed by atoms with Gasteiger partial charge in [0, 0.05) is 6.08 Å². The van der Waals surface area contributed by atoms with Crippen molar-refractivity contribution in [2.45, 2.75) is 0 Å². The molecule has 0 aliphatic heterocycles. The maximum Gasteiger partial charge on any atom is 0.248 e. The van der Waals surface area contributed by atoms with Gasteiger partial charge < -0.3 is 10.1 Å². The molecule has 108 valence electrons. The fraction of sp³-hybridized carbons (Fsp3) is 0.0625. The Hall–Kier alpha value is -1.97. The van der Waals surface area contributed by atoms with Crippen molar-refractivity contribution >= 4 is 40.9 Å². The Morgan fingerprint density at radius 3 is 2.71 bits per heavy atom. The first-order chi connectivity index (χ1) is 10.1. The monoisotopic (exact) mass is 321 g/mol. The van der Waals surface area contributed by atoms with Gasteiger partial charge in [-0.1, -0.05) is 41.4 Å². The van der Waals surface area contributed by atoms with Crippen LogP contribution in [0.4, 0.5) is 5.69 Å². The van der Waals surface area contributed by atoms with Crippen LogP contribution in [-0.4, -0.2) is 13.0 Å². The molecule has 21 heavy (non-hydrogen) atoms. The van der Waals surface area contributed by atoms with Gasteiger partial charge in [-0.3, -0.25) is 4.79 Å². The number of halogens is 2. The number of rotatable bonds is 4. The first kappa shape index (κ1) is 15.4. The van der Waals surface area contributed by atoms with Crippen LogP contribution < -0.4 is 10.1 Å². The zero-order chi connectivity index (χ0) is 15.2. The van der Waals surface area contributed by atoms with Crippen molar-refractivity contribution in [2.75, 3.05) is 12.4 Å². The zero-order valence-electron chi connectivity index (χ0n) is 11.3. The number of methoxy groups -OCH3 is 1. The van der Waals surface area contributed by atoms with Crippen LogP contribution in [-0.2, 0) is 4.79 Å². The van der Waals surface area contributed by atoms with Crippen LogP contribution in [0, 0.1) is 0 Å². The number of hydrogen-bond donors (Lipinski definition) is 1. The van der Waals surface area contributed by atoms with E-state index in [0.29, 0.717) is 15.7 Å². The average molecular weight is 322 g/mol. The standard InChI is InChI=1S/C16H13Cl2NO2/c1-21-12-5-2-4-11(10-12)8-9-15(20)19-14-7-3-6-13(17)16(14)18/h2-10H,1H3,(H,19,20)/b9-8+. The van der Waals surface area contributed by atoms with Gasteiger partial charge in [0.2, 0.25) is 5.91 Å². The molecule has 0 heterocycles. The summed E-state index contributed by atoms with van der Waals surface area (Å²) < 4.78 is 5.12. The molecule has 0 bridgehead atoms. The molecule has 0 atom stereocenters. The maximum absolute atomic E-state index is 11.9. The van der Waals surface area contributed by atoms with E-state index < -0.39 is 0 Å². The number of hydrogen-bond acceptors (Lipinski definition) is 2. The molecule has 0 aliphatic rings. The van der Waals surface area contributed by atoms with Gasteiger partial charge in [-0.2, -0.15) is 0 Å². The van der Waals surface area contributed by atoms with Gasteiger partial charge in [-0.25, -0.2) is 0 Å². The zero-order valence-corrected chi connectivity index (χ0v) is 12.8. The first-order valence-corrected chi connectivity index (χ1v) is 6.93. The summed E-state index contributed by atoms with van der Waals surface area (Å²) in [4.78, 5) is 11.9. The highest BCUT2D eigenvalue weighted by molar-refractivity contribution is 6.44.